The lowest BCUT2D eigenvalue weighted by molar-refractivity contribution is -0.139. The van der Waals surface area contributed by atoms with Crippen LogP contribution in [0.1, 0.15) is 0 Å². The van der Waals surface area contributed by atoms with Gasteiger partial charge in [-0.2, -0.15) is 0 Å². The molecule has 1 rings (SSSR count). The van der Waals surface area contributed by atoms with Crippen molar-refractivity contribution in [2.24, 2.45) is 0 Å². The molecule has 0 radical (unpaired) electrons. The Balaban J connectivity index is 2.50. The number of rotatable bonds is 6. The molecule has 0 fully saturated rings. The first-order valence-electron chi connectivity index (χ1n) is 5.89. The Morgan fingerprint density at radius 2 is 1.85 bits per heavy atom. The number of nitrogens with one attached hydrogen (secondary N) is 2. The number of hydrogen-bond donors (Lipinski definition) is 2. The van der Waals surface area contributed by atoms with Gasteiger partial charge in [0.2, 0.25) is 0 Å². The van der Waals surface area contributed by atoms with E-state index in [2.05, 4.69) is 10.6 Å². The second-order valence-corrected chi connectivity index (χ2v) is 3.80. The number of carbonyl (C=O) groups excluding carboxylic acids is 2. The molecule has 0 aromatic heterocycles. The third kappa shape index (κ3) is 4.87. The van der Waals surface area contributed by atoms with Crippen LogP contribution in [0.3, 0.4) is 0 Å². The molecule has 0 aliphatic heterocycles. The molecule has 1 aromatic carbocycles. The zero-order chi connectivity index (χ0) is 15.0. The van der Waals surface area contributed by atoms with Gasteiger partial charge >= 0.3 is 11.8 Å². The number of anilines is 1. The van der Waals surface area contributed by atoms with Crippen LogP contribution in [-0.2, 0) is 19.1 Å². The van der Waals surface area contributed by atoms with Gasteiger partial charge in [-0.15, -0.1) is 0 Å². The number of amides is 2. The van der Waals surface area contributed by atoms with Crippen LogP contribution in [0.4, 0.5) is 5.69 Å². The fourth-order valence-electron chi connectivity index (χ4n) is 1.41. The Morgan fingerprint density at radius 3 is 2.45 bits per heavy atom. The normalized spacial score (nSPS) is 10.2. The standard InChI is InChI=1S/C13H18N2O5/c1-18-10-6-4-5-9(7-10)15-13(17)12(16)14-8-11(19-2)20-3/h4-7,11H,8H2,1-3H3,(H,14,16)(H,15,17). The van der Waals surface area contributed by atoms with Crippen LogP contribution >= 0.6 is 0 Å². The van der Waals surface area contributed by atoms with Crippen molar-refractivity contribution in [3.05, 3.63) is 24.3 Å². The predicted molar refractivity (Wildman–Crippen MR) is 72.4 cm³/mol. The van der Waals surface area contributed by atoms with Gasteiger partial charge in [-0.1, -0.05) is 6.07 Å². The Morgan fingerprint density at radius 1 is 1.15 bits per heavy atom. The van der Waals surface area contributed by atoms with Gasteiger partial charge in [0, 0.05) is 26.0 Å². The Labute approximate surface area is 117 Å². The summed E-state index contributed by atoms with van der Waals surface area (Å²) in [5, 5.41) is 4.86. The lowest BCUT2D eigenvalue weighted by Gasteiger charge is -2.13. The minimum atomic E-state index is -0.774. The van der Waals surface area contributed by atoms with Crippen LogP contribution in [-0.4, -0.2) is 46.0 Å². The van der Waals surface area contributed by atoms with Crippen molar-refractivity contribution in [3.63, 3.8) is 0 Å². The van der Waals surface area contributed by atoms with Crippen LogP contribution in [0.5, 0.6) is 5.75 Å². The third-order valence-electron chi connectivity index (χ3n) is 2.49. The zero-order valence-electron chi connectivity index (χ0n) is 11.6. The summed E-state index contributed by atoms with van der Waals surface area (Å²) in [5.41, 5.74) is 0.472. The van der Waals surface area contributed by atoms with Gasteiger partial charge in [0.25, 0.3) is 0 Å². The quantitative estimate of drug-likeness (QED) is 0.581. The van der Waals surface area contributed by atoms with Gasteiger partial charge in [0.15, 0.2) is 6.29 Å². The van der Waals surface area contributed by atoms with Crippen LogP contribution < -0.4 is 15.4 Å². The molecule has 0 heterocycles. The molecule has 0 aliphatic rings. The SMILES string of the molecule is COc1cccc(NC(=O)C(=O)NCC(OC)OC)c1. The lowest BCUT2D eigenvalue weighted by Crippen LogP contribution is -2.40. The maximum atomic E-state index is 11.7. The molecule has 110 valence electrons. The topological polar surface area (TPSA) is 85.9 Å². The molecule has 0 saturated heterocycles. The molecule has 1 aromatic rings. The molecule has 0 saturated carbocycles. The Bertz CT molecular complexity index is 460. The average Bonchev–Trinajstić information content (AvgIpc) is 2.48. The average molecular weight is 282 g/mol. The van der Waals surface area contributed by atoms with Gasteiger partial charge in [-0.05, 0) is 12.1 Å². The fourth-order valence-corrected chi connectivity index (χ4v) is 1.41. The van der Waals surface area contributed by atoms with E-state index in [0.717, 1.165) is 0 Å². The third-order valence-corrected chi connectivity index (χ3v) is 2.49. The van der Waals surface area contributed by atoms with Crippen molar-refractivity contribution in [2.45, 2.75) is 6.29 Å². The van der Waals surface area contributed by atoms with Gasteiger partial charge in [0.1, 0.15) is 5.75 Å². The van der Waals surface area contributed by atoms with E-state index in [0.29, 0.717) is 11.4 Å². The molecule has 0 spiro atoms. The molecule has 7 heteroatoms. The summed E-state index contributed by atoms with van der Waals surface area (Å²) in [6, 6.07) is 6.70. The van der Waals surface area contributed by atoms with E-state index >= 15 is 0 Å². The highest BCUT2D eigenvalue weighted by atomic mass is 16.7. The molecule has 0 atom stereocenters. The predicted octanol–water partition coefficient (Wildman–Crippen LogP) is 0.369. The first-order chi connectivity index (χ1) is 9.60. The van der Waals surface area contributed by atoms with E-state index in [4.69, 9.17) is 14.2 Å². The maximum absolute atomic E-state index is 11.7. The van der Waals surface area contributed by atoms with Crippen LogP contribution in [0, 0.1) is 0 Å². The summed E-state index contributed by atoms with van der Waals surface area (Å²) < 4.78 is 14.8. The minimum absolute atomic E-state index is 0.0807. The molecular weight excluding hydrogens is 264 g/mol. The number of carbonyl (C=O) groups is 2. The highest BCUT2D eigenvalue weighted by molar-refractivity contribution is 6.39. The molecule has 2 amide bonds. The fraction of sp³-hybridized carbons (Fsp3) is 0.385. The van der Waals surface area contributed by atoms with Gasteiger partial charge in [-0.25, -0.2) is 0 Å². The van der Waals surface area contributed by atoms with Crippen molar-refractivity contribution < 1.29 is 23.8 Å². The number of hydrogen-bond acceptors (Lipinski definition) is 5. The van der Waals surface area contributed by atoms with E-state index in [1.807, 2.05) is 0 Å². The van der Waals surface area contributed by atoms with Gasteiger partial charge in [-0.3, -0.25) is 9.59 Å². The van der Waals surface area contributed by atoms with Crippen LogP contribution in [0.15, 0.2) is 24.3 Å². The summed E-state index contributed by atoms with van der Waals surface area (Å²) in [4.78, 5) is 23.2. The largest absolute Gasteiger partial charge is 0.497 e. The molecule has 0 aliphatic carbocycles. The maximum Gasteiger partial charge on any atom is 0.313 e. The van der Waals surface area contributed by atoms with Crippen molar-refractivity contribution >= 4 is 17.5 Å². The first kappa shape index (κ1) is 15.9. The van der Waals surface area contributed by atoms with E-state index in [1.165, 1.54) is 21.3 Å². The molecule has 0 bridgehead atoms. The number of methoxy groups -OCH3 is 3. The van der Waals surface area contributed by atoms with E-state index in [-0.39, 0.29) is 6.54 Å². The van der Waals surface area contributed by atoms with Crippen molar-refractivity contribution in [2.75, 3.05) is 33.2 Å². The lowest BCUT2D eigenvalue weighted by atomic mass is 10.3. The van der Waals surface area contributed by atoms with Crippen molar-refractivity contribution in [1.82, 2.24) is 5.32 Å². The van der Waals surface area contributed by atoms with Crippen LogP contribution in [0.25, 0.3) is 0 Å². The number of benzene rings is 1. The van der Waals surface area contributed by atoms with E-state index in [9.17, 15) is 9.59 Å². The van der Waals surface area contributed by atoms with Crippen molar-refractivity contribution in [3.8, 4) is 5.75 Å². The molecule has 20 heavy (non-hydrogen) atoms. The Kier molecular flexibility index (Phi) is 6.48. The summed E-state index contributed by atoms with van der Waals surface area (Å²) in [5.74, 6) is -0.960. The zero-order valence-corrected chi connectivity index (χ0v) is 11.6. The molecule has 0 unspecified atom stereocenters. The van der Waals surface area contributed by atoms with Gasteiger partial charge < -0.3 is 24.8 Å². The summed E-state index contributed by atoms with van der Waals surface area (Å²) in [6.45, 7) is 0.0807. The van der Waals surface area contributed by atoms with E-state index in [1.54, 1.807) is 24.3 Å². The summed E-state index contributed by atoms with van der Waals surface area (Å²) in [7, 11) is 4.40. The molecule has 7 nitrogen and oxygen atoms in total. The highest BCUT2D eigenvalue weighted by Crippen LogP contribution is 2.16. The monoisotopic (exact) mass is 282 g/mol. The molecule has 2 N–H and O–H groups in total. The van der Waals surface area contributed by atoms with Crippen molar-refractivity contribution in [1.29, 1.82) is 0 Å². The highest BCUT2D eigenvalue weighted by Gasteiger charge is 2.15. The van der Waals surface area contributed by atoms with Gasteiger partial charge in [0.05, 0.1) is 13.7 Å². The van der Waals surface area contributed by atoms with Crippen LogP contribution in [0.2, 0.25) is 0 Å². The second-order valence-electron chi connectivity index (χ2n) is 3.80. The first-order valence-corrected chi connectivity index (χ1v) is 5.89. The smallest absolute Gasteiger partial charge is 0.313 e. The Hall–Kier alpha value is -2.12. The summed E-state index contributed by atoms with van der Waals surface area (Å²) >= 11 is 0. The minimum Gasteiger partial charge on any atom is -0.497 e. The van der Waals surface area contributed by atoms with E-state index < -0.39 is 18.1 Å². The summed E-state index contributed by atoms with van der Waals surface area (Å²) in [6.07, 6.45) is -0.594. The number of ether oxygens (including phenoxy) is 3. The second kappa shape index (κ2) is 8.13. The molecular formula is C13H18N2O5.